The van der Waals surface area contributed by atoms with Crippen LogP contribution < -0.4 is 0 Å². The van der Waals surface area contributed by atoms with Crippen LogP contribution in [0.4, 0.5) is 0 Å². The first kappa shape index (κ1) is 15.8. The van der Waals surface area contributed by atoms with Crippen molar-refractivity contribution in [1.82, 2.24) is 4.90 Å². The number of benzene rings is 1. The monoisotopic (exact) mass is 308 g/mol. The Labute approximate surface area is 139 Å². The molecular weight excluding hydrogens is 282 g/mol. The average molecular weight is 308 g/mol. The molecule has 3 rings (SSSR count). The van der Waals surface area contributed by atoms with E-state index < -0.39 is 0 Å². The zero-order valence-corrected chi connectivity index (χ0v) is 14.3. The lowest BCUT2D eigenvalue weighted by molar-refractivity contribution is -0.612. The minimum Gasteiger partial charge on any atom is -0.374 e. The largest absolute Gasteiger partial charge is 0.374 e. The number of nitriles is 1. The molecule has 120 valence electrons. The van der Waals surface area contributed by atoms with Crippen LogP contribution in [0.15, 0.2) is 36.0 Å². The molecule has 0 N–H and O–H groups in total. The van der Waals surface area contributed by atoms with Crippen LogP contribution >= 0.6 is 0 Å². The highest BCUT2D eigenvalue weighted by molar-refractivity contribution is 5.68. The topological polar surface area (TPSA) is 30.0 Å². The molecule has 0 unspecified atom stereocenters. The van der Waals surface area contributed by atoms with Crippen molar-refractivity contribution in [2.45, 2.75) is 51.6 Å². The van der Waals surface area contributed by atoms with Gasteiger partial charge in [0.05, 0.1) is 18.1 Å². The minimum atomic E-state index is 0.0735. The molecule has 0 saturated carbocycles. The van der Waals surface area contributed by atoms with E-state index in [9.17, 15) is 5.26 Å². The molecule has 0 amide bonds. The molecule has 0 aromatic heterocycles. The Bertz CT molecular complexity index is 670. The second-order valence-electron chi connectivity index (χ2n) is 7.24. The van der Waals surface area contributed by atoms with E-state index in [2.05, 4.69) is 47.7 Å². The van der Waals surface area contributed by atoms with Crippen LogP contribution in [0, 0.1) is 11.3 Å². The van der Waals surface area contributed by atoms with Crippen molar-refractivity contribution in [3.05, 3.63) is 47.2 Å². The van der Waals surface area contributed by atoms with Crippen LogP contribution in [0.2, 0.25) is 0 Å². The van der Waals surface area contributed by atoms with Crippen LogP contribution in [0.1, 0.15) is 50.7 Å². The third-order valence-electron chi connectivity index (χ3n) is 5.08. The van der Waals surface area contributed by atoms with Crippen LogP contribution in [-0.4, -0.2) is 34.3 Å². The molecular formula is C20H26N3+. The molecule has 3 nitrogen and oxygen atoms in total. The van der Waals surface area contributed by atoms with E-state index in [1.165, 1.54) is 38.0 Å². The number of nitrogens with zero attached hydrogens (tertiary/aromatic N) is 3. The van der Waals surface area contributed by atoms with Gasteiger partial charge in [0.25, 0.3) is 0 Å². The molecule has 0 aliphatic carbocycles. The predicted molar refractivity (Wildman–Crippen MR) is 93.4 cm³/mol. The maximum Gasteiger partial charge on any atom is 0.170 e. The number of rotatable bonds is 3. The summed E-state index contributed by atoms with van der Waals surface area (Å²) in [5, 5.41) is 9.29. The molecule has 1 fully saturated rings. The van der Waals surface area contributed by atoms with E-state index in [1.54, 1.807) is 0 Å². The highest BCUT2D eigenvalue weighted by atomic mass is 15.2. The molecule has 23 heavy (non-hydrogen) atoms. The number of allylic oxidation sites excluding steroid dienone is 1. The quantitative estimate of drug-likeness (QED) is 0.797. The van der Waals surface area contributed by atoms with E-state index >= 15 is 0 Å². The molecule has 1 aromatic rings. The van der Waals surface area contributed by atoms with Crippen LogP contribution in [0.3, 0.4) is 0 Å². The summed E-state index contributed by atoms with van der Waals surface area (Å²) < 4.78 is 2.37. The molecule has 0 radical (unpaired) electrons. The zero-order chi connectivity index (χ0) is 16.3. The van der Waals surface area contributed by atoms with Gasteiger partial charge in [-0.25, -0.2) is 4.58 Å². The zero-order valence-electron chi connectivity index (χ0n) is 14.3. The van der Waals surface area contributed by atoms with Crippen molar-refractivity contribution >= 4 is 6.21 Å². The van der Waals surface area contributed by atoms with Crippen molar-refractivity contribution in [3.63, 3.8) is 0 Å². The maximum absolute atomic E-state index is 9.29. The van der Waals surface area contributed by atoms with Gasteiger partial charge in [-0.2, -0.15) is 5.26 Å². The van der Waals surface area contributed by atoms with Crippen LogP contribution in [0.25, 0.3) is 0 Å². The molecule has 3 heteroatoms. The summed E-state index contributed by atoms with van der Waals surface area (Å²) in [6.45, 7) is 7.80. The average Bonchev–Trinajstić information content (AvgIpc) is 2.57. The van der Waals surface area contributed by atoms with Crippen molar-refractivity contribution in [3.8, 4) is 6.07 Å². The van der Waals surface area contributed by atoms with Crippen LogP contribution in [-0.2, 0) is 6.54 Å². The first-order valence-electron chi connectivity index (χ1n) is 8.64. The van der Waals surface area contributed by atoms with Crippen molar-refractivity contribution in [2.75, 3.05) is 13.1 Å². The highest BCUT2D eigenvalue weighted by Gasteiger charge is 2.35. The van der Waals surface area contributed by atoms with Gasteiger partial charge in [-0.15, -0.1) is 0 Å². The van der Waals surface area contributed by atoms with Gasteiger partial charge >= 0.3 is 0 Å². The number of hydrogen-bond donors (Lipinski definition) is 0. The summed E-state index contributed by atoms with van der Waals surface area (Å²) in [4.78, 5) is 2.56. The molecule has 0 atom stereocenters. The van der Waals surface area contributed by atoms with Gasteiger partial charge in [-0.3, -0.25) is 0 Å². The molecule has 2 aliphatic heterocycles. The van der Waals surface area contributed by atoms with Gasteiger partial charge < -0.3 is 4.90 Å². The molecule has 0 bridgehead atoms. The molecule has 1 aromatic carbocycles. The lowest BCUT2D eigenvalue weighted by Gasteiger charge is -2.36. The SMILES string of the molecule is CC1(C)CC(N2CCCCC2)=CC=[N+]1Cc1ccccc1C#N. The summed E-state index contributed by atoms with van der Waals surface area (Å²) in [5.41, 5.74) is 3.43. The highest BCUT2D eigenvalue weighted by Crippen LogP contribution is 2.28. The summed E-state index contributed by atoms with van der Waals surface area (Å²) in [6, 6.07) is 10.2. The Morgan fingerprint density at radius 1 is 1.17 bits per heavy atom. The molecule has 1 saturated heterocycles. The van der Waals surface area contributed by atoms with Crippen molar-refractivity contribution < 1.29 is 4.58 Å². The number of piperidine rings is 1. The predicted octanol–water partition coefficient (Wildman–Crippen LogP) is 3.69. The lowest BCUT2D eigenvalue weighted by atomic mass is 9.92. The Morgan fingerprint density at radius 2 is 1.91 bits per heavy atom. The Hall–Kier alpha value is -2.08. The molecule has 2 heterocycles. The summed E-state index contributed by atoms with van der Waals surface area (Å²) in [7, 11) is 0. The van der Waals surface area contributed by atoms with Gasteiger partial charge in [0.2, 0.25) is 0 Å². The fourth-order valence-corrected chi connectivity index (χ4v) is 3.60. The van der Waals surface area contributed by atoms with Gasteiger partial charge in [0.1, 0.15) is 0 Å². The summed E-state index contributed by atoms with van der Waals surface area (Å²) >= 11 is 0. The van der Waals surface area contributed by atoms with E-state index in [0.717, 1.165) is 24.1 Å². The third kappa shape index (κ3) is 3.47. The Balaban J connectivity index is 1.82. The first-order chi connectivity index (χ1) is 11.1. The smallest absolute Gasteiger partial charge is 0.170 e. The van der Waals surface area contributed by atoms with Crippen LogP contribution in [0.5, 0.6) is 0 Å². The standard InChI is InChI=1S/C20H26N3/c1-20(2)14-19(22-11-6-3-7-12-22)10-13-23(20)16-18-9-5-4-8-17(18)15-21/h4-5,8-10,13H,3,6-7,11-12,14,16H2,1-2H3/q+1. The third-order valence-corrected chi connectivity index (χ3v) is 5.08. The first-order valence-corrected chi connectivity index (χ1v) is 8.64. The minimum absolute atomic E-state index is 0.0735. The number of likely N-dealkylation sites (tertiary alicyclic amines) is 1. The lowest BCUT2D eigenvalue weighted by Crippen LogP contribution is -2.43. The second kappa shape index (κ2) is 6.58. The number of hydrogen-bond acceptors (Lipinski definition) is 2. The maximum atomic E-state index is 9.29. The van der Waals surface area contributed by atoms with Crippen molar-refractivity contribution in [2.24, 2.45) is 0 Å². The molecule has 2 aliphatic rings. The summed E-state index contributed by atoms with van der Waals surface area (Å²) in [5.74, 6) is 0. The fourth-order valence-electron chi connectivity index (χ4n) is 3.60. The van der Waals surface area contributed by atoms with Gasteiger partial charge in [0.15, 0.2) is 18.3 Å². The summed E-state index contributed by atoms with van der Waals surface area (Å²) in [6.07, 6.45) is 9.58. The van der Waals surface area contributed by atoms with E-state index in [-0.39, 0.29) is 5.54 Å². The van der Waals surface area contributed by atoms with E-state index in [4.69, 9.17) is 0 Å². The second-order valence-corrected chi connectivity index (χ2v) is 7.24. The normalized spacial score (nSPS) is 20.5. The van der Waals surface area contributed by atoms with Gasteiger partial charge in [0, 0.05) is 44.3 Å². The van der Waals surface area contributed by atoms with Crippen molar-refractivity contribution in [1.29, 1.82) is 5.26 Å². The molecule has 0 spiro atoms. The Morgan fingerprint density at radius 3 is 2.61 bits per heavy atom. The Kier molecular flexibility index (Phi) is 4.52. The van der Waals surface area contributed by atoms with Gasteiger partial charge in [-0.05, 0) is 25.3 Å². The fraction of sp³-hybridized carbons (Fsp3) is 0.500. The van der Waals surface area contributed by atoms with E-state index in [0.29, 0.717) is 0 Å². The van der Waals surface area contributed by atoms with E-state index in [1.807, 2.05) is 18.2 Å². The van der Waals surface area contributed by atoms with Gasteiger partial charge in [-0.1, -0.05) is 18.2 Å².